The fourth-order valence-corrected chi connectivity index (χ4v) is 2.59. The highest BCUT2D eigenvalue weighted by molar-refractivity contribution is 7.90. The van der Waals surface area contributed by atoms with E-state index in [1.54, 1.807) is 6.07 Å². The third-order valence-electron chi connectivity index (χ3n) is 3.55. The van der Waals surface area contributed by atoms with E-state index in [4.69, 9.17) is 0 Å². The van der Waals surface area contributed by atoms with Gasteiger partial charge in [0.25, 0.3) is 0 Å². The zero-order valence-electron chi connectivity index (χ0n) is 12.2. The van der Waals surface area contributed by atoms with Crippen LogP contribution in [0, 0.1) is 6.92 Å². The monoisotopic (exact) mass is 308 g/mol. The van der Waals surface area contributed by atoms with Crippen molar-refractivity contribution in [1.29, 1.82) is 0 Å². The van der Waals surface area contributed by atoms with Gasteiger partial charge in [0.15, 0.2) is 0 Å². The lowest BCUT2D eigenvalue weighted by Crippen LogP contribution is -1.92. The Bertz CT molecular complexity index is 852. The van der Waals surface area contributed by atoms with Crippen LogP contribution in [-0.2, 0) is 0 Å². The van der Waals surface area contributed by atoms with Crippen molar-refractivity contribution in [2.75, 3.05) is 0 Å². The van der Waals surface area contributed by atoms with Crippen LogP contribution in [-0.4, -0.2) is 14.9 Å². The molecule has 0 bridgehead atoms. The second-order valence-electron chi connectivity index (χ2n) is 5.11. The molecule has 3 rings (SSSR count). The van der Waals surface area contributed by atoms with Gasteiger partial charge in [-0.25, -0.2) is 0 Å². The van der Waals surface area contributed by atoms with Crippen molar-refractivity contribution in [2.24, 2.45) is 0 Å². The van der Waals surface area contributed by atoms with Gasteiger partial charge in [0, 0.05) is 11.6 Å². The number of hydrogen-bond acceptors (Lipinski definition) is 3. The van der Waals surface area contributed by atoms with E-state index in [0.29, 0.717) is 10.7 Å². The predicted molar refractivity (Wildman–Crippen MR) is 93.8 cm³/mol. The summed E-state index contributed by atoms with van der Waals surface area (Å²) in [7, 11) is 0. The third kappa shape index (κ3) is 2.65. The van der Waals surface area contributed by atoms with Crippen LogP contribution < -0.4 is 0 Å². The van der Waals surface area contributed by atoms with E-state index in [9.17, 15) is 5.11 Å². The van der Waals surface area contributed by atoms with Crippen molar-refractivity contribution in [3.8, 4) is 28.3 Å². The number of rotatable bonds is 3. The molecule has 22 heavy (non-hydrogen) atoms. The predicted octanol–water partition coefficient (Wildman–Crippen LogP) is 4.59. The number of hydrogen-bond donors (Lipinski definition) is 2. The fourth-order valence-electron chi connectivity index (χ4n) is 2.45. The Morgan fingerprint density at radius 3 is 2.50 bits per heavy atom. The summed E-state index contributed by atoms with van der Waals surface area (Å²) >= 11 is 4.12. The summed E-state index contributed by atoms with van der Waals surface area (Å²) in [5.41, 5.74) is 5.14. The molecule has 0 saturated heterocycles. The van der Waals surface area contributed by atoms with Crippen molar-refractivity contribution in [3.63, 3.8) is 0 Å². The number of aryl methyl sites for hydroxylation is 1. The number of thiol groups is 1. The van der Waals surface area contributed by atoms with E-state index in [1.165, 1.54) is 15.8 Å². The zero-order chi connectivity index (χ0) is 15.7. The largest absolute Gasteiger partial charge is 0.493 e. The molecular formula is C18H16N2OS. The minimum atomic E-state index is 0.0243. The molecule has 2 aromatic carbocycles. The molecule has 0 amide bonds. The van der Waals surface area contributed by atoms with Crippen LogP contribution in [0.15, 0.2) is 61.2 Å². The van der Waals surface area contributed by atoms with Gasteiger partial charge in [0.1, 0.15) is 0 Å². The van der Waals surface area contributed by atoms with Crippen molar-refractivity contribution < 1.29 is 5.11 Å². The molecule has 1 heterocycles. The Morgan fingerprint density at radius 2 is 1.82 bits per heavy atom. The minimum absolute atomic E-state index is 0.0243. The molecule has 1 aromatic heterocycles. The van der Waals surface area contributed by atoms with Crippen LogP contribution >= 0.6 is 12.6 Å². The lowest BCUT2D eigenvalue weighted by Gasteiger charge is -2.07. The van der Waals surface area contributed by atoms with Crippen molar-refractivity contribution in [1.82, 2.24) is 9.78 Å². The molecule has 3 nitrogen and oxygen atoms in total. The molecule has 110 valence electrons. The van der Waals surface area contributed by atoms with Gasteiger partial charge in [-0.1, -0.05) is 49.0 Å². The Balaban J connectivity index is 2.07. The first-order chi connectivity index (χ1) is 10.6. The van der Waals surface area contributed by atoms with E-state index in [1.807, 2.05) is 24.3 Å². The van der Waals surface area contributed by atoms with Gasteiger partial charge >= 0.3 is 0 Å². The van der Waals surface area contributed by atoms with Crippen molar-refractivity contribution in [2.45, 2.75) is 6.92 Å². The van der Waals surface area contributed by atoms with Crippen LogP contribution in [0.2, 0.25) is 0 Å². The van der Waals surface area contributed by atoms with E-state index in [2.05, 4.69) is 55.5 Å². The first-order valence-electron chi connectivity index (χ1n) is 6.90. The highest BCUT2D eigenvalue weighted by Crippen LogP contribution is 2.30. The fraction of sp³-hybridized carbons (Fsp3) is 0.0556. The van der Waals surface area contributed by atoms with Gasteiger partial charge in [-0.3, -0.25) is 0 Å². The summed E-state index contributed by atoms with van der Waals surface area (Å²) in [4.78, 5) is 0. The van der Waals surface area contributed by atoms with Gasteiger partial charge in [-0.15, -0.1) is 12.6 Å². The standard InChI is InChI=1S/C18H16N2OS/c1-12-6-3-4-9-16(12)14-7-5-8-15(10-14)17-11-18(21)20(19-17)13(2)22/h3-11,21-22H,2H2,1H3. The topological polar surface area (TPSA) is 38.0 Å². The van der Waals surface area contributed by atoms with Gasteiger partial charge in [-0.05, 0) is 29.7 Å². The molecule has 0 spiro atoms. The van der Waals surface area contributed by atoms with Crippen molar-refractivity contribution >= 4 is 17.7 Å². The maximum absolute atomic E-state index is 9.88. The molecule has 3 aromatic rings. The van der Waals surface area contributed by atoms with Crippen LogP contribution in [0.3, 0.4) is 0 Å². The van der Waals surface area contributed by atoms with Gasteiger partial charge in [0.05, 0.1) is 10.7 Å². The van der Waals surface area contributed by atoms with Crippen LogP contribution in [0.1, 0.15) is 5.56 Å². The smallest absolute Gasteiger partial charge is 0.215 e. The maximum Gasteiger partial charge on any atom is 0.215 e. The highest BCUT2D eigenvalue weighted by atomic mass is 32.1. The van der Waals surface area contributed by atoms with Crippen LogP contribution in [0.5, 0.6) is 5.88 Å². The summed E-state index contributed by atoms with van der Waals surface area (Å²) in [6, 6.07) is 17.9. The molecule has 1 N–H and O–H groups in total. The lowest BCUT2D eigenvalue weighted by atomic mass is 9.98. The number of benzene rings is 2. The quantitative estimate of drug-likeness (QED) is 0.695. The molecule has 4 heteroatoms. The molecule has 0 radical (unpaired) electrons. The molecule has 0 saturated carbocycles. The molecule has 0 aliphatic heterocycles. The van der Waals surface area contributed by atoms with Gasteiger partial charge < -0.3 is 5.11 Å². The van der Waals surface area contributed by atoms with Crippen LogP contribution in [0.25, 0.3) is 27.4 Å². The van der Waals surface area contributed by atoms with Gasteiger partial charge in [0.2, 0.25) is 5.88 Å². The second-order valence-corrected chi connectivity index (χ2v) is 5.63. The van der Waals surface area contributed by atoms with Crippen molar-refractivity contribution in [3.05, 3.63) is 66.7 Å². The Labute approximate surface area is 135 Å². The summed E-state index contributed by atoms with van der Waals surface area (Å²) in [6.45, 7) is 5.77. The first kappa shape index (κ1) is 14.5. The molecule has 0 aliphatic rings. The normalized spacial score (nSPS) is 10.6. The molecule has 0 unspecified atom stereocenters. The first-order valence-corrected chi connectivity index (χ1v) is 7.34. The molecule has 0 atom stereocenters. The van der Waals surface area contributed by atoms with E-state index in [0.717, 1.165) is 11.1 Å². The van der Waals surface area contributed by atoms with E-state index in [-0.39, 0.29) is 5.88 Å². The highest BCUT2D eigenvalue weighted by Gasteiger charge is 2.10. The summed E-state index contributed by atoms with van der Waals surface area (Å²) in [5, 5.41) is 14.6. The number of aromatic nitrogens is 2. The average Bonchev–Trinajstić information content (AvgIpc) is 2.90. The molecular weight excluding hydrogens is 292 g/mol. The Morgan fingerprint density at radius 1 is 1.09 bits per heavy atom. The van der Waals surface area contributed by atoms with Gasteiger partial charge in [-0.2, -0.15) is 9.78 Å². The lowest BCUT2D eigenvalue weighted by molar-refractivity contribution is 0.437. The average molecular weight is 308 g/mol. The second kappa shape index (κ2) is 5.73. The number of aromatic hydroxyl groups is 1. The maximum atomic E-state index is 9.88. The Hall–Kier alpha value is -2.46. The minimum Gasteiger partial charge on any atom is -0.493 e. The van der Waals surface area contributed by atoms with E-state index < -0.39 is 0 Å². The summed E-state index contributed by atoms with van der Waals surface area (Å²) < 4.78 is 1.30. The zero-order valence-corrected chi connectivity index (χ0v) is 13.1. The van der Waals surface area contributed by atoms with E-state index >= 15 is 0 Å². The Kier molecular flexibility index (Phi) is 3.77. The molecule has 0 aliphatic carbocycles. The number of nitrogens with zero attached hydrogens (tertiary/aromatic N) is 2. The van der Waals surface area contributed by atoms with Crippen LogP contribution in [0.4, 0.5) is 0 Å². The third-order valence-corrected chi connectivity index (χ3v) is 3.74. The summed E-state index contributed by atoms with van der Waals surface area (Å²) in [6.07, 6.45) is 0. The molecule has 0 fully saturated rings. The SMILES string of the molecule is C=C(S)n1nc(-c2cccc(-c3ccccc3C)c2)cc1O. The summed E-state index contributed by atoms with van der Waals surface area (Å²) in [5.74, 6) is 0.0243.